The Morgan fingerprint density at radius 3 is 2.00 bits per heavy atom. The number of aryl methyl sites for hydroxylation is 1. The first kappa shape index (κ1) is 13.8. The van der Waals surface area contributed by atoms with Crippen LogP contribution in [0.3, 0.4) is 0 Å². The topological polar surface area (TPSA) is 26.0 Å². The minimum Gasteiger partial charge on any atom is -0.330 e. The lowest BCUT2D eigenvalue weighted by Crippen LogP contribution is -2.23. The second-order valence-electron chi connectivity index (χ2n) is 5.93. The van der Waals surface area contributed by atoms with Crippen molar-refractivity contribution in [1.29, 1.82) is 0 Å². The van der Waals surface area contributed by atoms with Crippen molar-refractivity contribution in [3.8, 4) is 11.1 Å². The molecule has 2 aromatic carbocycles. The molecule has 0 atom stereocenters. The van der Waals surface area contributed by atoms with E-state index in [0.717, 1.165) is 19.4 Å². The Balaban J connectivity index is 2.03. The van der Waals surface area contributed by atoms with Crippen LogP contribution in [0.1, 0.15) is 25.8 Å². The third-order valence-electron chi connectivity index (χ3n) is 3.70. The van der Waals surface area contributed by atoms with Crippen LogP contribution < -0.4 is 5.73 Å². The lowest BCUT2D eigenvalue weighted by atomic mass is 9.86. The van der Waals surface area contributed by atoms with Crippen LogP contribution >= 0.6 is 0 Å². The summed E-state index contributed by atoms with van der Waals surface area (Å²) in [5.74, 6) is 0. The van der Waals surface area contributed by atoms with Crippen molar-refractivity contribution in [2.24, 2.45) is 11.1 Å². The van der Waals surface area contributed by atoms with Crippen LogP contribution in [0.25, 0.3) is 11.1 Å². The molecule has 2 N–H and O–H groups in total. The second-order valence-corrected chi connectivity index (χ2v) is 5.93. The molecule has 0 unspecified atom stereocenters. The molecule has 0 saturated carbocycles. The highest BCUT2D eigenvalue weighted by atomic mass is 14.6. The molecule has 100 valence electrons. The van der Waals surface area contributed by atoms with Gasteiger partial charge in [-0.25, -0.2) is 0 Å². The van der Waals surface area contributed by atoms with Crippen LogP contribution in [0.4, 0.5) is 0 Å². The fourth-order valence-corrected chi connectivity index (χ4v) is 2.08. The molecule has 0 aliphatic carbocycles. The summed E-state index contributed by atoms with van der Waals surface area (Å²) in [6.45, 7) is 5.20. The molecule has 0 aromatic heterocycles. The fraction of sp³-hybridized carbons (Fsp3) is 0.333. The molecule has 0 amide bonds. The van der Waals surface area contributed by atoms with Crippen molar-refractivity contribution in [2.45, 2.75) is 26.7 Å². The van der Waals surface area contributed by atoms with Crippen molar-refractivity contribution in [3.05, 3.63) is 60.2 Å². The summed E-state index contributed by atoms with van der Waals surface area (Å²) >= 11 is 0. The van der Waals surface area contributed by atoms with Gasteiger partial charge in [0.15, 0.2) is 0 Å². The molecular formula is C18H23N. The molecular weight excluding hydrogens is 230 g/mol. The summed E-state index contributed by atoms with van der Waals surface area (Å²) in [5, 5.41) is 0. The van der Waals surface area contributed by atoms with E-state index in [9.17, 15) is 0 Å². The van der Waals surface area contributed by atoms with Crippen molar-refractivity contribution in [3.63, 3.8) is 0 Å². The number of hydrogen-bond donors (Lipinski definition) is 1. The number of rotatable bonds is 5. The molecule has 0 bridgehead atoms. The van der Waals surface area contributed by atoms with Gasteiger partial charge in [0.2, 0.25) is 0 Å². The SMILES string of the molecule is CC(C)(CN)CCc1ccc(-c2ccccc2)cc1. The monoisotopic (exact) mass is 253 g/mol. The van der Waals surface area contributed by atoms with Crippen LogP contribution in [0.15, 0.2) is 54.6 Å². The van der Waals surface area contributed by atoms with E-state index in [1.807, 2.05) is 6.07 Å². The first-order valence-corrected chi connectivity index (χ1v) is 6.95. The van der Waals surface area contributed by atoms with Crippen LogP contribution in [0.2, 0.25) is 0 Å². The Kier molecular flexibility index (Phi) is 4.39. The largest absolute Gasteiger partial charge is 0.330 e. The van der Waals surface area contributed by atoms with E-state index in [0.29, 0.717) is 0 Å². The van der Waals surface area contributed by atoms with Crippen molar-refractivity contribution < 1.29 is 0 Å². The first-order chi connectivity index (χ1) is 9.11. The predicted octanol–water partition coefficient (Wildman–Crippen LogP) is 4.27. The predicted molar refractivity (Wildman–Crippen MR) is 83.0 cm³/mol. The van der Waals surface area contributed by atoms with E-state index >= 15 is 0 Å². The zero-order chi connectivity index (χ0) is 13.7. The maximum Gasteiger partial charge on any atom is -0.00257 e. The Bertz CT molecular complexity index is 497. The van der Waals surface area contributed by atoms with Gasteiger partial charge in [-0.15, -0.1) is 0 Å². The zero-order valence-corrected chi connectivity index (χ0v) is 11.9. The van der Waals surface area contributed by atoms with Gasteiger partial charge in [0, 0.05) is 0 Å². The number of hydrogen-bond acceptors (Lipinski definition) is 1. The third-order valence-corrected chi connectivity index (χ3v) is 3.70. The maximum absolute atomic E-state index is 5.77. The van der Waals surface area contributed by atoms with Gasteiger partial charge in [-0.05, 0) is 41.5 Å². The minimum atomic E-state index is 0.234. The Morgan fingerprint density at radius 2 is 1.42 bits per heavy atom. The summed E-state index contributed by atoms with van der Waals surface area (Å²) in [4.78, 5) is 0. The highest BCUT2D eigenvalue weighted by molar-refractivity contribution is 5.63. The number of benzene rings is 2. The van der Waals surface area contributed by atoms with Crippen molar-refractivity contribution >= 4 is 0 Å². The van der Waals surface area contributed by atoms with Gasteiger partial charge in [-0.3, -0.25) is 0 Å². The molecule has 0 aliphatic heterocycles. The summed E-state index contributed by atoms with van der Waals surface area (Å²) in [6.07, 6.45) is 2.23. The molecule has 2 aromatic rings. The van der Waals surface area contributed by atoms with Gasteiger partial charge in [-0.2, -0.15) is 0 Å². The summed E-state index contributed by atoms with van der Waals surface area (Å²) in [5.41, 5.74) is 9.95. The lowest BCUT2D eigenvalue weighted by molar-refractivity contribution is 0.348. The Morgan fingerprint density at radius 1 is 0.842 bits per heavy atom. The molecule has 0 heterocycles. The molecule has 0 fully saturated rings. The Labute approximate surface area is 116 Å². The summed E-state index contributed by atoms with van der Waals surface area (Å²) in [6, 6.07) is 19.4. The van der Waals surface area contributed by atoms with E-state index in [-0.39, 0.29) is 5.41 Å². The zero-order valence-electron chi connectivity index (χ0n) is 11.9. The molecule has 0 saturated heterocycles. The van der Waals surface area contributed by atoms with Crippen LogP contribution in [-0.4, -0.2) is 6.54 Å². The summed E-state index contributed by atoms with van der Waals surface area (Å²) < 4.78 is 0. The lowest BCUT2D eigenvalue weighted by Gasteiger charge is -2.22. The van der Waals surface area contributed by atoms with E-state index in [1.165, 1.54) is 16.7 Å². The normalized spacial score (nSPS) is 11.5. The average molecular weight is 253 g/mol. The van der Waals surface area contributed by atoms with Gasteiger partial charge in [0.25, 0.3) is 0 Å². The average Bonchev–Trinajstić information content (AvgIpc) is 2.47. The fourth-order valence-electron chi connectivity index (χ4n) is 2.08. The van der Waals surface area contributed by atoms with Gasteiger partial charge >= 0.3 is 0 Å². The maximum atomic E-state index is 5.77. The third kappa shape index (κ3) is 3.93. The molecule has 0 spiro atoms. The smallest absolute Gasteiger partial charge is 0.00257 e. The number of nitrogens with two attached hydrogens (primary N) is 1. The van der Waals surface area contributed by atoms with E-state index in [1.54, 1.807) is 0 Å². The van der Waals surface area contributed by atoms with Crippen LogP contribution in [-0.2, 0) is 6.42 Å². The van der Waals surface area contributed by atoms with E-state index in [2.05, 4.69) is 62.4 Å². The van der Waals surface area contributed by atoms with Gasteiger partial charge < -0.3 is 5.73 Å². The molecule has 1 heteroatoms. The van der Waals surface area contributed by atoms with E-state index in [4.69, 9.17) is 5.73 Å². The highest BCUT2D eigenvalue weighted by Gasteiger charge is 2.14. The molecule has 1 nitrogen and oxygen atoms in total. The van der Waals surface area contributed by atoms with Gasteiger partial charge in [0.1, 0.15) is 0 Å². The Hall–Kier alpha value is -1.60. The van der Waals surface area contributed by atoms with Gasteiger partial charge in [-0.1, -0.05) is 68.4 Å². The first-order valence-electron chi connectivity index (χ1n) is 6.95. The highest BCUT2D eigenvalue weighted by Crippen LogP contribution is 2.23. The molecule has 2 rings (SSSR count). The minimum absolute atomic E-state index is 0.234. The van der Waals surface area contributed by atoms with E-state index < -0.39 is 0 Å². The van der Waals surface area contributed by atoms with Crippen LogP contribution in [0, 0.1) is 5.41 Å². The second kappa shape index (κ2) is 6.03. The molecule has 19 heavy (non-hydrogen) atoms. The summed E-state index contributed by atoms with van der Waals surface area (Å²) in [7, 11) is 0. The quantitative estimate of drug-likeness (QED) is 0.846. The molecule has 0 aliphatic rings. The standard InChI is InChI=1S/C18H23N/c1-18(2,14-19)13-12-15-8-10-17(11-9-15)16-6-4-3-5-7-16/h3-11H,12-14,19H2,1-2H3. The van der Waals surface area contributed by atoms with Crippen LogP contribution in [0.5, 0.6) is 0 Å². The molecule has 0 radical (unpaired) electrons. The van der Waals surface area contributed by atoms with Gasteiger partial charge in [0.05, 0.1) is 0 Å². The van der Waals surface area contributed by atoms with Crippen molar-refractivity contribution in [2.75, 3.05) is 6.54 Å². The van der Waals surface area contributed by atoms with Crippen molar-refractivity contribution in [1.82, 2.24) is 0 Å².